The van der Waals surface area contributed by atoms with E-state index in [1.807, 2.05) is 24.3 Å². The Hall–Kier alpha value is -1.90. The van der Waals surface area contributed by atoms with Crippen molar-refractivity contribution in [2.75, 3.05) is 30.3 Å². The summed E-state index contributed by atoms with van der Waals surface area (Å²) in [7, 11) is -3.54. The van der Waals surface area contributed by atoms with Crippen LogP contribution in [0.25, 0.3) is 0 Å². The summed E-state index contributed by atoms with van der Waals surface area (Å²) in [6, 6.07) is 14.0. The molecule has 0 saturated carbocycles. The van der Waals surface area contributed by atoms with Crippen LogP contribution in [-0.4, -0.2) is 38.3 Å². The van der Waals surface area contributed by atoms with Crippen molar-refractivity contribution in [1.82, 2.24) is 4.31 Å². The van der Waals surface area contributed by atoms with Crippen LogP contribution in [0.1, 0.15) is 25.7 Å². The normalized spacial score (nSPS) is 15.6. The third-order valence-corrected chi connectivity index (χ3v) is 7.04. The first-order valence-electron chi connectivity index (χ1n) is 9.35. The lowest BCUT2D eigenvalue weighted by Crippen LogP contribution is -2.32. The number of anilines is 2. The average molecular weight is 466 g/mol. The zero-order chi connectivity index (χ0) is 20.0. The van der Waals surface area contributed by atoms with Crippen LogP contribution in [0.5, 0.6) is 0 Å². The fraction of sp³-hybridized carbons (Fsp3) is 0.350. The topological polar surface area (TPSA) is 78.5 Å². The molecule has 0 bridgehead atoms. The van der Waals surface area contributed by atoms with Gasteiger partial charge in [-0.1, -0.05) is 34.8 Å². The molecule has 0 radical (unpaired) electrons. The smallest absolute Gasteiger partial charge is 0.243 e. The quantitative estimate of drug-likeness (QED) is 0.673. The molecule has 0 aromatic heterocycles. The molecule has 0 unspecified atom stereocenters. The minimum absolute atomic E-state index is 0.0880. The highest BCUT2D eigenvalue weighted by Gasteiger charge is 2.25. The molecule has 1 heterocycles. The minimum Gasteiger partial charge on any atom is -0.376 e. The third kappa shape index (κ3) is 5.56. The van der Waals surface area contributed by atoms with E-state index in [0.717, 1.165) is 35.8 Å². The van der Waals surface area contributed by atoms with E-state index in [1.165, 1.54) is 6.07 Å². The standard InChI is InChI=1S/C20H24BrN3O3S/c21-16-8-10-17(11-9-16)22-15-20(25)23-18-6-5-7-19(14-18)28(26,27)24-12-3-1-2-4-13-24/h5-11,14,22H,1-4,12-13,15H2,(H,23,25). The van der Waals surface area contributed by atoms with Gasteiger partial charge in [0.05, 0.1) is 11.4 Å². The minimum atomic E-state index is -3.54. The number of sulfonamides is 1. The van der Waals surface area contributed by atoms with Crippen molar-refractivity contribution in [1.29, 1.82) is 0 Å². The van der Waals surface area contributed by atoms with Crippen molar-refractivity contribution in [3.05, 3.63) is 53.0 Å². The summed E-state index contributed by atoms with van der Waals surface area (Å²) in [6.07, 6.45) is 3.90. The zero-order valence-electron chi connectivity index (χ0n) is 15.5. The number of rotatable bonds is 6. The van der Waals surface area contributed by atoms with Crippen LogP contribution in [-0.2, 0) is 14.8 Å². The molecular formula is C20H24BrN3O3S. The Balaban J connectivity index is 1.63. The maximum atomic E-state index is 12.9. The first-order valence-corrected chi connectivity index (χ1v) is 11.6. The zero-order valence-corrected chi connectivity index (χ0v) is 17.9. The maximum Gasteiger partial charge on any atom is 0.243 e. The molecule has 0 aliphatic carbocycles. The number of amides is 1. The van der Waals surface area contributed by atoms with E-state index in [4.69, 9.17) is 0 Å². The summed E-state index contributed by atoms with van der Waals surface area (Å²) in [5.41, 5.74) is 1.30. The van der Waals surface area contributed by atoms with E-state index < -0.39 is 10.0 Å². The summed E-state index contributed by atoms with van der Waals surface area (Å²) in [5, 5.41) is 5.79. The lowest BCUT2D eigenvalue weighted by molar-refractivity contribution is -0.114. The van der Waals surface area contributed by atoms with Gasteiger partial charge in [0.15, 0.2) is 0 Å². The van der Waals surface area contributed by atoms with Gasteiger partial charge in [-0.2, -0.15) is 4.31 Å². The number of nitrogens with one attached hydrogen (secondary N) is 2. The Morgan fingerprint density at radius 2 is 1.64 bits per heavy atom. The van der Waals surface area contributed by atoms with Gasteiger partial charge >= 0.3 is 0 Å². The average Bonchev–Trinajstić information content (AvgIpc) is 2.98. The molecule has 2 N–H and O–H groups in total. The first-order chi connectivity index (χ1) is 13.4. The van der Waals surface area contributed by atoms with Crippen LogP contribution in [0.15, 0.2) is 57.9 Å². The molecule has 1 saturated heterocycles. The maximum absolute atomic E-state index is 12.9. The van der Waals surface area contributed by atoms with Gasteiger partial charge in [0.2, 0.25) is 15.9 Å². The molecular weight excluding hydrogens is 442 g/mol. The Kier molecular flexibility index (Phi) is 7.09. The summed E-state index contributed by atoms with van der Waals surface area (Å²) in [5.74, 6) is -0.243. The molecule has 0 spiro atoms. The lowest BCUT2D eigenvalue weighted by Gasteiger charge is -2.20. The number of hydrogen-bond acceptors (Lipinski definition) is 4. The second-order valence-corrected chi connectivity index (χ2v) is 9.61. The van der Waals surface area contributed by atoms with E-state index in [9.17, 15) is 13.2 Å². The molecule has 150 valence electrons. The van der Waals surface area contributed by atoms with Crippen LogP contribution in [0.4, 0.5) is 11.4 Å². The summed E-state index contributed by atoms with van der Waals surface area (Å²) in [4.78, 5) is 12.4. The SMILES string of the molecule is O=C(CNc1ccc(Br)cc1)Nc1cccc(S(=O)(=O)N2CCCCCC2)c1. The van der Waals surface area contributed by atoms with Crippen molar-refractivity contribution in [2.24, 2.45) is 0 Å². The highest BCUT2D eigenvalue weighted by molar-refractivity contribution is 9.10. The summed E-state index contributed by atoms with van der Waals surface area (Å²) < 4.78 is 28.3. The fourth-order valence-corrected chi connectivity index (χ4v) is 4.95. The van der Waals surface area contributed by atoms with E-state index in [0.29, 0.717) is 18.8 Å². The van der Waals surface area contributed by atoms with Crippen LogP contribution in [0.3, 0.4) is 0 Å². The fourth-order valence-electron chi connectivity index (χ4n) is 3.12. The number of carbonyl (C=O) groups is 1. The summed E-state index contributed by atoms with van der Waals surface area (Å²) >= 11 is 3.37. The molecule has 0 atom stereocenters. The van der Waals surface area contributed by atoms with E-state index in [-0.39, 0.29) is 17.3 Å². The van der Waals surface area contributed by atoms with Crippen LogP contribution >= 0.6 is 15.9 Å². The van der Waals surface area contributed by atoms with Gasteiger partial charge < -0.3 is 10.6 Å². The van der Waals surface area contributed by atoms with Crippen LogP contribution < -0.4 is 10.6 Å². The highest BCUT2D eigenvalue weighted by Crippen LogP contribution is 2.22. The number of nitrogens with zero attached hydrogens (tertiary/aromatic N) is 1. The van der Waals surface area contributed by atoms with Gasteiger partial charge in [-0.25, -0.2) is 8.42 Å². The van der Waals surface area contributed by atoms with Gasteiger partial charge in [-0.3, -0.25) is 4.79 Å². The third-order valence-electron chi connectivity index (χ3n) is 4.62. The van der Waals surface area contributed by atoms with Gasteiger partial charge in [-0.05, 0) is 55.3 Å². The van der Waals surface area contributed by atoms with Gasteiger partial charge in [0.1, 0.15) is 0 Å². The Labute approximate surface area is 174 Å². The van der Waals surface area contributed by atoms with Crippen molar-refractivity contribution < 1.29 is 13.2 Å². The van der Waals surface area contributed by atoms with Crippen molar-refractivity contribution in [2.45, 2.75) is 30.6 Å². The number of halogens is 1. The Bertz CT molecular complexity index is 909. The molecule has 1 amide bonds. The van der Waals surface area contributed by atoms with Gasteiger partial charge in [-0.15, -0.1) is 0 Å². The lowest BCUT2D eigenvalue weighted by atomic mass is 10.2. The first kappa shape index (κ1) is 20.8. The van der Waals surface area contributed by atoms with E-state index in [1.54, 1.807) is 22.5 Å². The number of carbonyl (C=O) groups excluding carboxylic acids is 1. The second-order valence-electron chi connectivity index (χ2n) is 6.75. The van der Waals surface area contributed by atoms with Gasteiger partial charge in [0, 0.05) is 28.9 Å². The molecule has 6 nitrogen and oxygen atoms in total. The summed E-state index contributed by atoms with van der Waals surface area (Å²) in [6.45, 7) is 1.19. The molecule has 2 aromatic rings. The molecule has 2 aromatic carbocycles. The van der Waals surface area contributed by atoms with Crippen molar-refractivity contribution >= 4 is 43.2 Å². The molecule has 1 fully saturated rings. The predicted molar refractivity (Wildman–Crippen MR) is 115 cm³/mol. The highest BCUT2D eigenvalue weighted by atomic mass is 79.9. The molecule has 8 heteroatoms. The van der Waals surface area contributed by atoms with Gasteiger partial charge in [0.25, 0.3) is 0 Å². The molecule has 28 heavy (non-hydrogen) atoms. The Morgan fingerprint density at radius 3 is 2.32 bits per heavy atom. The largest absolute Gasteiger partial charge is 0.376 e. The predicted octanol–water partition coefficient (Wildman–Crippen LogP) is 4.06. The number of hydrogen-bond donors (Lipinski definition) is 2. The van der Waals surface area contributed by atoms with Crippen molar-refractivity contribution in [3.8, 4) is 0 Å². The monoisotopic (exact) mass is 465 g/mol. The van der Waals surface area contributed by atoms with E-state index >= 15 is 0 Å². The molecule has 1 aliphatic heterocycles. The second kappa shape index (κ2) is 9.54. The van der Waals surface area contributed by atoms with Crippen LogP contribution in [0.2, 0.25) is 0 Å². The number of benzene rings is 2. The Morgan fingerprint density at radius 1 is 0.964 bits per heavy atom. The van der Waals surface area contributed by atoms with Crippen molar-refractivity contribution in [3.63, 3.8) is 0 Å². The van der Waals surface area contributed by atoms with E-state index in [2.05, 4.69) is 26.6 Å². The van der Waals surface area contributed by atoms with Crippen LogP contribution in [0, 0.1) is 0 Å². The molecule has 1 aliphatic rings. The molecule has 3 rings (SSSR count).